The molecule has 1 aliphatic heterocycles. The maximum absolute atomic E-state index is 5.83. The van der Waals surface area contributed by atoms with Crippen molar-refractivity contribution in [1.82, 2.24) is 20.4 Å². The molecule has 0 saturated carbocycles. The quantitative estimate of drug-likeness (QED) is 0.428. The number of hydrogen-bond acceptors (Lipinski definition) is 7. The van der Waals surface area contributed by atoms with Crippen LogP contribution < -0.4 is 14.8 Å². The summed E-state index contributed by atoms with van der Waals surface area (Å²) in [5.41, 5.74) is 5.77. The van der Waals surface area contributed by atoms with Crippen LogP contribution in [0.1, 0.15) is 49.4 Å². The van der Waals surface area contributed by atoms with Gasteiger partial charge in [-0.05, 0) is 58.4 Å². The fourth-order valence-electron chi connectivity index (χ4n) is 4.48. The number of amidine groups is 1. The van der Waals surface area contributed by atoms with Gasteiger partial charge in [0.05, 0.1) is 30.5 Å². The number of nitrogens with zero attached hydrogens (tertiary/aromatic N) is 3. The van der Waals surface area contributed by atoms with Crippen LogP contribution in [-0.2, 0) is 0 Å². The second kappa shape index (κ2) is 7.95. The molecule has 8 heteroatoms. The lowest BCUT2D eigenvalue weighted by Crippen LogP contribution is -2.29. The largest absolute Gasteiger partial charge is 0.496 e. The molecule has 0 saturated heterocycles. The number of ether oxygens (including phenoxy) is 2. The summed E-state index contributed by atoms with van der Waals surface area (Å²) in [6.07, 6.45) is 1.83. The second-order valence-corrected chi connectivity index (χ2v) is 8.55. The van der Waals surface area contributed by atoms with Gasteiger partial charge in [-0.2, -0.15) is 0 Å². The average Bonchev–Trinajstić information content (AvgIpc) is 3.30. The number of benzene rings is 1. The first-order chi connectivity index (χ1) is 15.9. The van der Waals surface area contributed by atoms with Crippen LogP contribution in [0, 0.1) is 13.8 Å². The van der Waals surface area contributed by atoms with E-state index >= 15 is 0 Å². The van der Waals surface area contributed by atoms with Crippen molar-refractivity contribution in [1.29, 1.82) is 0 Å². The molecule has 0 amide bonds. The molecular formula is C25H27N5O3. The van der Waals surface area contributed by atoms with Crippen molar-refractivity contribution in [2.45, 2.75) is 46.8 Å². The summed E-state index contributed by atoms with van der Waals surface area (Å²) in [5, 5.41) is 8.68. The summed E-state index contributed by atoms with van der Waals surface area (Å²) in [4.78, 5) is 12.6. The lowest BCUT2D eigenvalue weighted by molar-refractivity contribution is 0.232. The molecule has 5 rings (SSSR count). The van der Waals surface area contributed by atoms with Crippen molar-refractivity contribution >= 4 is 22.6 Å². The number of hydrogen-bond donors (Lipinski definition) is 2. The Morgan fingerprint density at radius 1 is 1.12 bits per heavy atom. The summed E-state index contributed by atoms with van der Waals surface area (Å²) >= 11 is 0. The lowest BCUT2D eigenvalue weighted by atomic mass is 9.95. The predicted molar refractivity (Wildman–Crippen MR) is 128 cm³/mol. The smallest absolute Gasteiger partial charge is 0.213 e. The van der Waals surface area contributed by atoms with Crippen molar-refractivity contribution < 1.29 is 14.0 Å². The van der Waals surface area contributed by atoms with Gasteiger partial charge in [0.1, 0.15) is 23.2 Å². The SMILES string of the molecule is COc1cc2c3c([nH]c2cc1-c1c(C)noc1C)N=C(C)NC3c1ccnc(OC(C)C)c1. The Labute approximate surface area is 192 Å². The zero-order valence-electron chi connectivity index (χ0n) is 19.6. The van der Waals surface area contributed by atoms with Gasteiger partial charge in [0.15, 0.2) is 0 Å². The molecule has 1 unspecified atom stereocenters. The van der Waals surface area contributed by atoms with Crippen LogP contribution in [0.2, 0.25) is 0 Å². The van der Waals surface area contributed by atoms with Crippen molar-refractivity contribution in [3.63, 3.8) is 0 Å². The zero-order valence-corrected chi connectivity index (χ0v) is 19.6. The van der Waals surface area contributed by atoms with Crippen LogP contribution >= 0.6 is 0 Å². The Kier molecular flexibility index (Phi) is 5.08. The van der Waals surface area contributed by atoms with Gasteiger partial charge in [-0.15, -0.1) is 0 Å². The third-order valence-corrected chi connectivity index (χ3v) is 5.81. The lowest BCUT2D eigenvalue weighted by Gasteiger charge is -2.25. The van der Waals surface area contributed by atoms with E-state index in [4.69, 9.17) is 19.0 Å². The molecule has 1 atom stereocenters. The minimum atomic E-state index is -0.113. The molecule has 3 aromatic heterocycles. The molecular weight excluding hydrogens is 418 g/mol. The highest BCUT2D eigenvalue weighted by atomic mass is 16.5. The van der Waals surface area contributed by atoms with Crippen LogP contribution in [0.15, 0.2) is 40.0 Å². The van der Waals surface area contributed by atoms with Gasteiger partial charge in [0.25, 0.3) is 0 Å². The van der Waals surface area contributed by atoms with Crippen LogP contribution in [-0.4, -0.2) is 34.2 Å². The summed E-state index contributed by atoms with van der Waals surface area (Å²) in [6.45, 7) is 9.79. The highest BCUT2D eigenvalue weighted by Gasteiger charge is 2.28. The van der Waals surface area contributed by atoms with Gasteiger partial charge in [0, 0.05) is 34.3 Å². The maximum Gasteiger partial charge on any atom is 0.213 e. The number of aliphatic imine (C=N–C) groups is 1. The highest BCUT2D eigenvalue weighted by Crippen LogP contribution is 2.44. The number of nitrogens with one attached hydrogen (secondary N) is 2. The molecule has 0 aliphatic carbocycles. The fraction of sp³-hybridized carbons (Fsp3) is 0.320. The fourth-order valence-corrected chi connectivity index (χ4v) is 4.48. The van der Waals surface area contributed by atoms with E-state index in [-0.39, 0.29) is 12.1 Å². The Morgan fingerprint density at radius 3 is 2.64 bits per heavy atom. The molecule has 33 heavy (non-hydrogen) atoms. The topological polar surface area (TPSA) is 97.6 Å². The molecule has 0 bridgehead atoms. The molecule has 8 nitrogen and oxygen atoms in total. The van der Waals surface area contributed by atoms with Crippen molar-refractivity contribution in [2.24, 2.45) is 4.99 Å². The van der Waals surface area contributed by atoms with Crippen molar-refractivity contribution in [2.75, 3.05) is 7.11 Å². The minimum Gasteiger partial charge on any atom is -0.496 e. The average molecular weight is 446 g/mol. The van der Waals surface area contributed by atoms with E-state index in [1.807, 2.05) is 46.8 Å². The molecule has 1 aromatic carbocycles. The molecule has 2 N–H and O–H groups in total. The molecule has 170 valence electrons. The van der Waals surface area contributed by atoms with E-state index < -0.39 is 0 Å². The molecule has 1 aliphatic rings. The second-order valence-electron chi connectivity index (χ2n) is 8.55. The van der Waals surface area contributed by atoms with E-state index in [1.165, 1.54) is 0 Å². The third-order valence-electron chi connectivity index (χ3n) is 5.81. The Balaban J connectivity index is 1.69. The normalized spacial score (nSPS) is 15.4. The van der Waals surface area contributed by atoms with E-state index in [9.17, 15) is 0 Å². The zero-order chi connectivity index (χ0) is 23.3. The monoisotopic (exact) mass is 445 g/mol. The number of pyridine rings is 1. The number of fused-ring (bicyclic) bond motifs is 3. The van der Waals surface area contributed by atoms with Gasteiger partial charge in [-0.3, -0.25) is 0 Å². The number of aromatic amines is 1. The van der Waals surface area contributed by atoms with E-state index in [2.05, 4.69) is 32.6 Å². The summed E-state index contributed by atoms with van der Waals surface area (Å²) in [7, 11) is 1.68. The predicted octanol–water partition coefficient (Wildman–Crippen LogP) is 5.37. The van der Waals surface area contributed by atoms with Crippen LogP contribution in [0.25, 0.3) is 22.0 Å². The van der Waals surface area contributed by atoms with E-state index in [0.717, 1.165) is 62.0 Å². The van der Waals surface area contributed by atoms with Gasteiger partial charge in [-0.1, -0.05) is 5.16 Å². The molecule has 4 aromatic rings. The number of aryl methyl sites for hydroxylation is 2. The Bertz CT molecular complexity index is 1360. The van der Waals surface area contributed by atoms with Gasteiger partial charge in [-0.25, -0.2) is 9.98 Å². The van der Waals surface area contributed by atoms with Crippen LogP contribution in [0.5, 0.6) is 11.6 Å². The molecule has 0 spiro atoms. The molecule has 0 fully saturated rings. The first-order valence-electron chi connectivity index (χ1n) is 11.0. The van der Waals surface area contributed by atoms with Gasteiger partial charge in [0.2, 0.25) is 5.88 Å². The Morgan fingerprint density at radius 2 is 1.94 bits per heavy atom. The molecule has 4 heterocycles. The number of H-pyrrole nitrogens is 1. The van der Waals surface area contributed by atoms with E-state index in [1.54, 1.807) is 13.3 Å². The van der Waals surface area contributed by atoms with Gasteiger partial charge >= 0.3 is 0 Å². The van der Waals surface area contributed by atoms with Crippen LogP contribution in [0.3, 0.4) is 0 Å². The summed E-state index contributed by atoms with van der Waals surface area (Å²) in [5.74, 6) is 3.77. The first-order valence-corrected chi connectivity index (χ1v) is 11.0. The third kappa shape index (κ3) is 3.61. The van der Waals surface area contributed by atoms with Gasteiger partial charge < -0.3 is 24.3 Å². The summed E-state index contributed by atoms with van der Waals surface area (Å²) < 4.78 is 17.0. The number of methoxy groups -OCH3 is 1. The number of rotatable bonds is 5. The standard InChI is InChI=1S/C25H27N5O3/c1-12(2)32-21-9-16(7-8-26-21)24-23-17-11-20(31-6)18(22-13(3)30-33-14(22)4)10-19(17)29-25(23)28-15(5)27-24/h7-12,24,29H,1-6H3,(H,27,28). The summed E-state index contributed by atoms with van der Waals surface area (Å²) in [6, 6.07) is 8.01. The molecule has 0 radical (unpaired) electrons. The number of aromatic nitrogens is 3. The first kappa shape index (κ1) is 21.1. The highest BCUT2D eigenvalue weighted by molar-refractivity contribution is 5.98. The van der Waals surface area contributed by atoms with Crippen molar-refractivity contribution in [3.05, 3.63) is 53.0 Å². The van der Waals surface area contributed by atoms with Crippen molar-refractivity contribution in [3.8, 4) is 22.8 Å². The van der Waals surface area contributed by atoms with E-state index in [0.29, 0.717) is 5.88 Å². The van der Waals surface area contributed by atoms with Crippen LogP contribution in [0.4, 0.5) is 5.82 Å². The Hall–Kier alpha value is -3.81. The maximum atomic E-state index is 5.83. The minimum absolute atomic E-state index is 0.0472.